The van der Waals surface area contributed by atoms with Gasteiger partial charge in [0.05, 0.1) is 5.69 Å². The third-order valence-corrected chi connectivity index (χ3v) is 4.46. The van der Waals surface area contributed by atoms with Crippen molar-refractivity contribution in [1.29, 1.82) is 0 Å². The van der Waals surface area contributed by atoms with Crippen LogP contribution in [0.5, 0.6) is 0 Å². The molecule has 7 heteroatoms. The SMILES string of the molecule is Cc1cc(C)n(-c2ccc(CNC(=O)NCc3ccc(CN(C)C)cc3)cn2)n1. The molecule has 0 saturated carbocycles. The first-order valence-electron chi connectivity index (χ1n) is 9.63. The number of rotatable bonds is 7. The minimum atomic E-state index is -0.204. The van der Waals surface area contributed by atoms with E-state index in [1.165, 1.54) is 5.56 Å². The first kappa shape index (κ1) is 20.5. The lowest BCUT2D eigenvalue weighted by molar-refractivity contribution is 0.240. The third-order valence-electron chi connectivity index (χ3n) is 4.46. The summed E-state index contributed by atoms with van der Waals surface area (Å²) < 4.78 is 1.81. The van der Waals surface area contributed by atoms with Gasteiger partial charge in [-0.3, -0.25) is 0 Å². The smallest absolute Gasteiger partial charge is 0.315 e. The highest BCUT2D eigenvalue weighted by atomic mass is 16.2. The van der Waals surface area contributed by atoms with E-state index < -0.39 is 0 Å². The van der Waals surface area contributed by atoms with Crippen LogP contribution in [-0.2, 0) is 19.6 Å². The maximum absolute atomic E-state index is 12.1. The number of amides is 2. The van der Waals surface area contributed by atoms with Crippen LogP contribution < -0.4 is 10.6 Å². The average Bonchev–Trinajstić information content (AvgIpc) is 3.04. The molecule has 0 saturated heterocycles. The minimum Gasteiger partial charge on any atom is -0.334 e. The van der Waals surface area contributed by atoms with Crippen molar-refractivity contribution in [3.63, 3.8) is 0 Å². The second-order valence-corrected chi connectivity index (χ2v) is 7.45. The van der Waals surface area contributed by atoms with Crippen LogP contribution in [0, 0.1) is 13.8 Å². The summed E-state index contributed by atoms with van der Waals surface area (Å²) in [6, 6.07) is 13.9. The molecule has 29 heavy (non-hydrogen) atoms. The van der Waals surface area contributed by atoms with E-state index in [2.05, 4.69) is 37.7 Å². The predicted molar refractivity (Wildman–Crippen MR) is 114 cm³/mol. The van der Waals surface area contributed by atoms with Crippen LogP contribution in [0.2, 0.25) is 0 Å². The Hall–Kier alpha value is -3.19. The Morgan fingerprint density at radius 3 is 2.14 bits per heavy atom. The maximum atomic E-state index is 12.1. The van der Waals surface area contributed by atoms with Crippen LogP contribution in [0.4, 0.5) is 4.79 Å². The predicted octanol–water partition coefficient (Wildman–Crippen LogP) is 2.95. The summed E-state index contributed by atoms with van der Waals surface area (Å²) in [6.07, 6.45) is 1.76. The Bertz CT molecular complexity index is 944. The molecule has 2 aromatic heterocycles. The third kappa shape index (κ3) is 5.89. The second kappa shape index (κ2) is 9.34. The number of carbonyl (C=O) groups is 1. The summed E-state index contributed by atoms with van der Waals surface area (Å²) in [5, 5.41) is 10.2. The topological polar surface area (TPSA) is 75.1 Å². The van der Waals surface area contributed by atoms with Crippen LogP contribution in [0.15, 0.2) is 48.7 Å². The zero-order chi connectivity index (χ0) is 20.8. The monoisotopic (exact) mass is 392 g/mol. The molecule has 1 aromatic carbocycles. The fourth-order valence-corrected chi connectivity index (χ4v) is 3.06. The summed E-state index contributed by atoms with van der Waals surface area (Å²) in [5.74, 6) is 0.765. The molecule has 0 spiro atoms. The van der Waals surface area contributed by atoms with Gasteiger partial charge < -0.3 is 15.5 Å². The van der Waals surface area contributed by atoms with Crippen molar-refractivity contribution >= 4 is 6.03 Å². The van der Waals surface area contributed by atoms with Gasteiger partial charge in [-0.25, -0.2) is 14.5 Å². The van der Waals surface area contributed by atoms with Crippen molar-refractivity contribution in [3.8, 4) is 5.82 Å². The van der Waals surface area contributed by atoms with E-state index in [1.54, 1.807) is 6.20 Å². The van der Waals surface area contributed by atoms with Gasteiger partial charge in [-0.1, -0.05) is 30.3 Å². The quantitative estimate of drug-likeness (QED) is 0.648. The highest BCUT2D eigenvalue weighted by molar-refractivity contribution is 5.73. The van der Waals surface area contributed by atoms with E-state index in [0.29, 0.717) is 13.1 Å². The van der Waals surface area contributed by atoms with Crippen LogP contribution >= 0.6 is 0 Å². The molecule has 2 amide bonds. The summed E-state index contributed by atoms with van der Waals surface area (Å²) in [7, 11) is 4.09. The first-order valence-corrected chi connectivity index (χ1v) is 9.63. The Balaban J connectivity index is 1.46. The molecule has 0 atom stereocenters. The van der Waals surface area contributed by atoms with Crippen molar-refractivity contribution in [2.45, 2.75) is 33.5 Å². The number of hydrogen-bond donors (Lipinski definition) is 2. The van der Waals surface area contributed by atoms with Gasteiger partial charge in [0.2, 0.25) is 0 Å². The lowest BCUT2D eigenvalue weighted by atomic mass is 10.1. The van der Waals surface area contributed by atoms with Crippen LogP contribution in [0.3, 0.4) is 0 Å². The van der Waals surface area contributed by atoms with Gasteiger partial charge in [0.1, 0.15) is 0 Å². The molecule has 0 aliphatic rings. The van der Waals surface area contributed by atoms with Gasteiger partial charge in [-0.2, -0.15) is 5.10 Å². The molecule has 152 valence electrons. The lowest BCUT2D eigenvalue weighted by Crippen LogP contribution is -2.34. The number of nitrogens with zero attached hydrogens (tertiary/aromatic N) is 4. The minimum absolute atomic E-state index is 0.204. The van der Waals surface area contributed by atoms with E-state index in [0.717, 1.165) is 34.9 Å². The van der Waals surface area contributed by atoms with Crippen molar-refractivity contribution in [2.75, 3.05) is 14.1 Å². The highest BCUT2D eigenvalue weighted by Crippen LogP contribution is 2.10. The largest absolute Gasteiger partial charge is 0.334 e. The average molecular weight is 393 g/mol. The first-order chi connectivity index (χ1) is 13.9. The number of hydrogen-bond acceptors (Lipinski definition) is 4. The molecule has 3 aromatic rings. The van der Waals surface area contributed by atoms with Gasteiger partial charge >= 0.3 is 6.03 Å². The van der Waals surface area contributed by atoms with Gasteiger partial charge in [0.25, 0.3) is 0 Å². The molecule has 0 unspecified atom stereocenters. The standard InChI is InChI=1S/C22H28N6O/c1-16-11-17(2)28(26-16)21-10-9-20(13-23-21)14-25-22(29)24-12-18-5-7-19(8-6-18)15-27(3)4/h5-11,13H,12,14-15H2,1-4H3,(H2,24,25,29). The molecule has 7 nitrogen and oxygen atoms in total. The van der Waals surface area contributed by atoms with E-state index in [1.807, 2.05) is 63.0 Å². The Labute approximate surface area is 171 Å². The molecule has 0 radical (unpaired) electrons. The Morgan fingerprint density at radius 1 is 0.966 bits per heavy atom. The number of benzene rings is 1. The molecule has 0 bridgehead atoms. The molecule has 3 rings (SSSR count). The van der Waals surface area contributed by atoms with Gasteiger partial charge in [-0.15, -0.1) is 0 Å². The maximum Gasteiger partial charge on any atom is 0.315 e. The van der Waals surface area contributed by atoms with Crippen molar-refractivity contribution in [3.05, 3.63) is 76.7 Å². The fourth-order valence-electron chi connectivity index (χ4n) is 3.06. The molecule has 0 aliphatic heterocycles. The molecule has 0 fully saturated rings. The van der Waals surface area contributed by atoms with E-state index in [4.69, 9.17) is 0 Å². The van der Waals surface area contributed by atoms with Crippen LogP contribution in [0.25, 0.3) is 5.82 Å². The van der Waals surface area contributed by atoms with Gasteiger partial charge in [0, 0.05) is 31.5 Å². The second-order valence-electron chi connectivity index (χ2n) is 7.45. The fraction of sp³-hybridized carbons (Fsp3) is 0.318. The number of nitrogens with one attached hydrogen (secondary N) is 2. The number of carbonyl (C=O) groups excluding carboxylic acids is 1. The summed E-state index contributed by atoms with van der Waals surface area (Å²) in [5.41, 5.74) is 5.24. The number of aryl methyl sites for hydroxylation is 2. The van der Waals surface area contributed by atoms with Crippen molar-refractivity contribution in [1.82, 2.24) is 30.3 Å². The molecular weight excluding hydrogens is 364 g/mol. The summed E-state index contributed by atoms with van der Waals surface area (Å²) in [6.45, 7) is 5.76. The number of aromatic nitrogens is 3. The Morgan fingerprint density at radius 2 is 1.59 bits per heavy atom. The zero-order valence-corrected chi connectivity index (χ0v) is 17.4. The summed E-state index contributed by atoms with van der Waals surface area (Å²) >= 11 is 0. The number of pyridine rings is 1. The van der Waals surface area contributed by atoms with Crippen molar-refractivity contribution in [2.24, 2.45) is 0 Å². The molecule has 0 aliphatic carbocycles. The van der Waals surface area contributed by atoms with E-state index >= 15 is 0 Å². The molecular formula is C22H28N6O. The lowest BCUT2D eigenvalue weighted by Gasteiger charge is -2.11. The zero-order valence-electron chi connectivity index (χ0n) is 17.4. The van der Waals surface area contributed by atoms with E-state index in [9.17, 15) is 4.79 Å². The van der Waals surface area contributed by atoms with Crippen LogP contribution in [0.1, 0.15) is 28.1 Å². The Kier molecular flexibility index (Phi) is 6.61. The number of urea groups is 1. The normalized spacial score (nSPS) is 10.9. The highest BCUT2D eigenvalue weighted by Gasteiger charge is 2.06. The van der Waals surface area contributed by atoms with Crippen LogP contribution in [-0.4, -0.2) is 39.8 Å². The molecule has 2 N–H and O–H groups in total. The van der Waals surface area contributed by atoms with Gasteiger partial charge in [0.15, 0.2) is 5.82 Å². The summed E-state index contributed by atoms with van der Waals surface area (Å²) in [4.78, 5) is 18.6. The van der Waals surface area contributed by atoms with Crippen molar-refractivity contribution < 1.29 is 4.79 Å². The van der Waals surface area contributed by atoms with E-state index in [-0.39, 0.29) is 6.03 Å². The molecule has 2 heterocycles. The van der Waals surface area contributed by atoms with Gasteiger partial charge in [-0.05, 0) is 56.8 Å².